The summed E-state index contributed by atoms with van der Waals surface area (Å²) in [7, 11) is -2.99. The van der Waals surface area contributed by atoms with Gasteiger partial charge in [0.15, 0.2) is 0 Å². The highest BCUT2D eigenvalue weighted by Crippen LogP contribution is 2.44. The van der Waals surface area contributed by atoms with Crippen molar-refractivity contribution in [2.75, 3.05) is 6.61 Å². The van der Waals surface area contributed by atoms with Crippen LogP contribution in [0.3, 0.4) is 0 Å². The highest BCUT2D eigenvalue weighted by atomic mass is 32.2. The molecule has 2 N–H and O–H groups in total. The lowest BCUT2D eigenvalue weighted by Crippen LogP contribution is -2.42. The number of benzene rings is 1. The quantitative estimate of drug-likeness (QED) is 0.119. The van der Waals surface area contributed by atoms with Crippen LogP contribution in [0.25, 0.3) is 11.0 Å². The number of nitrogens with zero attached hydrogens (tertiary/aromatic N) is 2. The van der Waals surface area contributed by atoms with E-state index in [0.717, 1.165) is 24.4 Å². The molecule has 1 heterocycles. The van der Waals surface area contributed by atoms with Crippen LogP contribution in [0.5, 0.6) is 0 Å². The van der Waals surface area contributed by atoms with Gasteiger partial charge in [0.1, 0.15) is 12.6 Å². The van der Waals surface area contributed by atoms with Gasteiger partial charge in [0.2, 0.25) is 11.8 Å². The summed E-state index contributed by atoms with van der Waals surface area (Å²) in [6, 6.07) is 5.17. The molecule has 0 radical (unpaired) electrons. The van der Waals surface area contributed by atoms with Gasteiger partial charge in [-0.15, -0.1) is 0 Å². The molecule has 7 nitrogen and oxygen atoms in total. The second kappa shape index (κ2) is 14.3. The predicted octanol–water partition coefficient (Wildman–Crippen LogP) is 8.18. The second-order valence-corrected chi connectivity index (χ2v) is 22.8. The Hall–Kier alpha value is -1.90. The van der Waals surface area contributed by atoms with E-state index in [1.807, 2.05) is 37.5 Å². The van der Waals surface area contributed by atoms with Gasteiger partial charge in [0.25, 0.3) is 0 Å². The molecule has 0 saturated heterocycles. The van der Waals surface area contributed by atoms with Crippen LogP contribution in [-0.4, -0.2) is 51.2 Å². The van der Waals surface area contributed by atoms with Crippen molar-refractivity contribution in [3.8, 4) is 0 Å². The Morgan fingerprint density at radius 1 is 1.13 bits per heavy atom. The standard InChI is InChI=1S/C32H49F5N4O3SSi/c1-30(2,3)45(43)40-28(23-8-7-14-31(33,34)19-23)29-38-24-12-11-22(18-25(24)41(29)20-44-16-17-46(4,5)6)27(21-9-10-21)39-26(42)13-15-32(35,36)37/h11-12,18,21,23,27-28,40H,7-10,13-17,19-20H2,1-6H3,(H,39,42)/t23-,27-,28+,45?/m1/s1. The largest absolute Gasteiger partial charge is 0.389 e. The first-order valence-electron chi connectivity index (χ1n) is 16.2. The smallest absolute Gasteiger partial charge is 0.361 e. The summed E-state index contributed by atoms with van der Waals surface area (Å²) in [5.74, 6) is -3.47. The zero-order valence-electron chi connectivity index (χ0n) is 27.7. The molecule has 1 aromatic carbocycles. The molecule has 2 saturated carbocycles. The predicted molar refractivity (Wildman–Crippen MR) is 173 cm³/mol. The lowest BCUT2D eigenvalue weighted by atomic mass is 9.81. The first kappa shape index (κ1) is 36.9. The van der Waals surface area contributed by atoms with Gasteiger partial charge in [-0.2, -0.15) is 13.2 Å². The van der Waals surface area contributed by atoms with Gasteiger partial charge in [-0.3, -0.25) is 4.79 Å². The highest BCUT2D eigenvalue weighted by molar-refractivity contribution is 7.84. The summed E-state index contributed by atoms with van der Waals surface area (Å²) in [5, 5.41) is 2.82. The van der Waals surface area contributed by atoms with Crippen molar-refractivity contribution in [3.05, 3.63) is 29.6 Å². The van der Waals surface area contributed by atoms with E-state index < -0.39 is 72.7 Å². The van der Waals surface area contributed by atoms with Gasteiger partial charge in [0, 0.05) is 33.9 Å². The molecule has 1 unspecified atom stereocenters. The third-order valence-corrected chi connectivity index (χ3v) is 11.9. The molecular weight excluding hydrogens is 644 g/mol. The molecule has 2 aliphatic rings. The molecule has 4 rings (SSSR count). The molecule has 14 heteroatoms. The average molecular weight is 693 g/mol. The number of fused-ring (bicyclic) bond motifs is 1. The number of carbonyl (C=O) groups excluding carboxylic acids is 1. The van der Waals surface area contributed by atoms with E-state index in [4.69, 9.17) is 9.72 Å². The van der Waals surface area contributed by atoms with Crippen LogP contribution >= 0.6 is 0 Å². The number of rotatable bonds is 14. The van der Waals surface area contributed by atoms with E-state index >= 15 is 0 Å². The van der Waals surface area contributed by atoms with Crippen molar-refractivity contribution < 1.29 is 35.7 Å². The Morgan fingerprint density at radius 2 is 1.83 bits per heavy atom. The summed E-state index contributed by atoms with van der Waals surface area (Å²) < 4.78 is 91.8. The summed E-state index contributed by atoms with van der Waals surface area (Å²) in [5.41, 5.74) is 1.98. The van der Waals surface area contributed by atoms with Crippen molar-refractivity contribution in [1.82, 2.24) is 19.6 Å². The zero-order chi connectivity index (χ0) is 34.1. The topological polar surface area (TPSA) is 85.3 Å². The maximum Gasteiger partial charge on any atom is 0.389 e. The van der Waals surface area contributed by atoms with Crippen LogP contribution in [-0.2, 0) is 27.2 Å². The number of imidazole rings is 1. The number of nitrogens with one attached hydrogen (secondary N) is 2. The van der Waals surface area contributed by atoms with Crippen LogP contribution in [0.2, 0.25) is 25.7 Å². The Balaban J connectivity index is 1.74. The molecule has 0 aliphatic heterocycles. The number of hydrogen-bond donors (Lipinski definition) is 2. The summed E-state index contributed by atoms with van der Waals surface area (Å²) in [6.07, 6.45) is -4.26. The van der Waals surface area contributed by atoms with Crippen molar-refractivity contribution in [2.24, 2.45) is 11.8 Å². The number of halogens is 5. The van der Waals surface area contributed by atoms with E-state index in [2.05, 4.69) is 29.7 Å². The monoisotopic (exact) mass is 692 g/mol. The van der Waals surface area contributed by atoms with Crippen molar-refractivity contribution in [2.45, 2.75) is 133 Å². The Labute approximate surface area is 272 Å². The van der Waals surface area contributed by atoms with E-state index in [1.165, 1.54) is 0 Å². The number of aromatic nitrogens is 2. The van der Waals surface area contributed by atoms with Gasteiger partial charge < -0.3 is 14.6 Å². The van der Waals surface area contributed by atoms with Crippen LogP contribution in [0, 0.1) is 11.8 Å². The van der Waals surface area contributed by atoms with Crippen LogP contribution in [0.15, 0.2) is 18.2 Å². The third-order valence-electron chi connectivity index (χ3n) is 8.64. The van der Waals surface area contributed by atoms with Crippen molar-refractivity contribution in [3.63, 3.8) is 0 Å². The molecule has 1 amide bonds. The number of hydrogen-bond acceptors (Lipinski definition) is 4. The van der Waals surface area contributed by atoms with Crippen molar-refractivity contribution in [1.29, 1.82) is 0 Å². The molecule has 260 valence electrons. The molecule has 1 aromatic heterocycles. The van der Waals surface area contributed by atoms with Crippen LogP contribution in [0.4, 0.5) is 22.0 Å². The minimum absolute atomic E-state index is 0.0925. The molecular formula is C32H49F5N4O3SSi. The first-order chi connectivity index (χ1) is 21.2. The lowest BCUT2D eigenvalue weighted by Gasteiger charge is -2.35. The number of carbonyl (C=O) groups is 1. The van der Waals surface area contributed by atoms with E-state index in [0.29, 0.717) is 36.3 Å². The van der Waals surface area contributed by atoms with Gasteiger partial charge in [0.05, 0.1) is 45.3 Å². The second-order valence-electron chi connectivity index (χ2n) is 15.2. The lowest BCUT2D eigenvalue weighted by molar-refractivity contribution is -0.144. The van der Waals surface area contributed by atoms with Gasteiger partial charge in [-0.25, -0.2) is 22.7 Å². The number of amides is 1. The SMILES string of the molecule is CC(C)(C)S(=O)N[C@H](c1nc2ccc([C@H](NC(=O)CCC(F)(F)F)C3CC3)cc2n1COCC[Si](C)(C)C)[C@@H]1CCCC(F)(F)C1. The Bertz CT molecular complexity index is 1380. The molecule has 2 aliphatic carbocycles. The summed E-state index contributed by atoms with van der Waals surface area (Å²) in [6.45, 7) is 12.8. The minimum Gasteiger partial charge on any atom is -0.361 e. The number of alkyl halides is 5. The molecule has 2 fully saturated rings. The van der Waals surface area contributed by atoms with Gasteiger partial charge in [-0.05, 0) is 82.0 Å². The first-order valence-corrected chi connectivity index (χ1v) is 21.1. The van der Waals surface area contributed by atoms with E-state index in [1.54, 1.807) is 6.07 Å². The maximum atomic E-state index is 14.8. The van der Waals surface area contributed by atoms with Crippen LogP contribution < -0.4 is 10.0 Å². The highest BCUT2D eigenvalue weighted by Gasteiger charge is 2.43. The molecule has 4 atom stereocenters. The van der Waals surface area contributed by atoms with Crippen molar-refractivity contribution >= 4 is 36.0 Å². The van der Waals surface area contributed by atoms with E-state index in [9.17, 15) is 31.0 Å². The van der Waals surface area contributed by atoms with Gasteiger partial charge >= 0.3 is 6.18 Å². The molecule has 46 heavy (non-hydrogen) atoms. The number of ether oxygens (including phenoxy) is 1. The normalized spacial score (nSPS) is 21.2. The van der Waals surface area contributed by atoms with Crippen LogP contribution in [0.1, 0.15) is 95.6 Å². The summed E-state index contributed by atoms with van der Waals surface area (Å²) in [4.78, 5) is 17.5. The fraction of sp³-hybridized carbons (Fsp3) is 0.750. The molecule has 0 spiro atoms. The minimum atomic E-state index is -4.42. The third kappa shape index (κ3) is 10.5. The zero-order valence-corrected chi connectivity index (χ0v) is 29.6. The summed E-state index contributed by atoms with van der Waals surface area (Å²) >= 11 is 0. The maximum absolute atomic E-state index is 14.8. The Morgan fingerprint density at radius 3 is 2.41 bits per heavy atom. The van der Waals surface area contributed by atoms with E-state index in [-0.39, 0.29) is 25.5 Å². The molecule has 2 aromatic rings. The fourth-order valence-electron chi connectivity index (χ4n) is 5.81. The fourth-order valence-corrected chi connectivity index (χ4v) is 7.45. The Kier molecular flexibility index (Phi) is 11.5. The van der Waals surface area contributed by atoms with Gasteiger partial charge in [-0.1, -0.05) is 25.7 Å². The molecule has 0 bridgehead atoms. The average Bonchev–Trinajstić information content (AvgIpc) is 3.70.